The maximum atomic E-state index is 13.0. The van der Waals surface area contributed by atoms with Gasteiger partial charge in [0.05, 0.1) is 5.56 Å². The number of ether oxygens (including phenoxy) is 1. The summed E-state index contributed by atoms with van der Waals surface area (Å²) in [5, 5.41) is 13.9. The first kappa shape index (κ1) is 20.3. The molecule has 6 heteroatoms. The van der Waals surface area contributed by atoms with Gasteiger partial charge in [0, 0.05) is 17.8 Å². The smallest absolute Gasteiger partial charge is 0.326 e. The van der Waals surface area contributed by atoms with E-state index in [9.17, 15) is 14.7 Å². The molecule has 150 valence electrons. The van der Waals surface area contributed by atoms with Gasteiger partial charge < -0.3 is 15.2 Å². The Morgan fingerprint density at radius 3 is 2.41 bits per heavy atom. The standard InChI is InChI=1S/C23H24N2O4/c1-23(2,3)20(22(27)28)25-21(26)18-9-8-16-6-4-5-7-17(16)19(18)29-14-15-10-12-24-13-11-15/h4-13,20H,14H2,1-3H3,(H,25,26)(H,27,28)/t20-/m1/s1. The van der Waals surface area contributed by atoms with E-state index in [0.29, 0.717) is 11.3 Å². The SMILES string of the molecule is CC(C)(C)[C@H](NC(=O)c1ccc2ccccc2c1OCc1ccncc1)C(=O)O. The number of carbonyl (C=O) groups excluding carboxylic acids is 1. The van der Waals surface area contributed by atoms with E-state index in [2.05, 4.69) is 10.3 Å². The molecular formula is C23H24N2O4. The number of pyridine rings is 1. The molecule has 1 atom stereocenters. The van der Waals surface area contributed by atoms with Gasteiger partial charge in [0.15, 0.2) is 0 Å². The summed E-state index contributed by atoms with van der Waals surface area (Å²) in [5.41, 5.74) is 0.571. The molecule has 0 spiro atoms. The van der Waals surface area contributed by atoms with Crippen molar-refractivity contribution in [3.05, 3.63) is 72.1 Å². The van der Waals surface area contributed by atoms with Gasteiger partial charge in [0.2, 0.25) is 0 Å². The van der Waals surface area contributed by atoms with E-state index < -0.39 is 23.3 Å². The second-order valence-electron chi connectivity index (χ2n) is 7.92. The zero-order valence-electron chi connectivity index (χ0n) is 16.7. The van der Waals surface area contributed by atoms with Crippen molar-refractivity contribution in [2.24, 2.45) is 5.41 Å². The average Bonchev–Trinajstić information content (AvgIpc) is 2.69. The van der Waals surface area contributed by atoms with E-state index in [-0.39, 0.29) is 6.61 Å². The van der Waals surface area contributed by atoms with Gasteiger partial charge in [-0.15, -0.1) is 0 Å². The minimum absolute atomic E-state index is 0.262. The normalized spacial score (nSPS) is 12.4. The minimum Gasteiger partial charge on any atom is -0.487 e. The highest BCUT2D eigenvalue weighted by atomic mass is 16.5. The van der Waals surface area contributed by atoms with Crippen LogP contribution in [0.3, 0.4) is 0 Å². The van der Waals surface area contributed by atoms with Crippen LogP contribution in [0.4, 0.5) is 0 Å². The number of aromatic nitrogens is 1. The predicted molar refractivity (Wildman–Crippen MR) is 111 cm³/mol. The second kappa shape index (κ2) is 8.31. The molecule has 1 aromatic heterocycles. The number of rotatable bonds is 6. The van der Waals surface area contributed by atoms with Crippen molar-refractivity contribution >= 4 is 22.6 Å². The molecule has 6 nitrogen and oxygen atoms in total. The van der Waals surface area contributed by atoms with Crippen molar-refractivity contribution in [1.29, 1.82) is 0 Å². The van der Waals surface area contributed by atoms with E-state index in [1.54, 1.807) is 39.2 Å². The van der Waals surface area contributed by atoms with Crippen LogP contribution in [-0.2, 0) is 11.4 Å². The van der Waals surface area contributed by atoms with E-state index in [1.165, 1.54) is 0 Å². The molecule has 29 heavy (non-hydrogen) atoms. The number of carboxylic acids is 1. The highest BCUT2D eigenvalue weighted by molar-refractivity contribution is 6.05. The van der Waals surface area contributed by atoms with E-state index in [0.717, 1.165) is 16.3 Å². The lowest BCUT2D eigenvalue weighted by atomic mass is 9.86. The maximum Gasteiger partial charge on any atom is 0.326 e. The van der Waals surface area contributed by atoms with Gasteiger partial charge in [-0.05, 0) is 34.6 Å². The number of hydrogen-bond donors (Lipinski definition) is 2. The van der Waals surface area contributed by atoms with Crippen LogP contribution in [0.2, 0.25) is 0 Å². The predicted octanol–water partition coefficient (Wildman–Crippen LogP) is 4.04. The number of amides is 1. The average molecular weight is 392 g/mol. The minimum atomic E-state index is -1.08. The molecule has 0 unspecified atom stereocenters. The number of hydrogen-bond acceptors (Lipinski definition) is 4. The van der Waals surface area contributed by atoms with Crippen LogP contribution in [0.5, 0.6) is 5.75 Å². The van der Waals surface area contributed by atoms with Crippen molar-refractivity contribution in [1.82, 2.24) is 10.3 Å². The van der Waals surface area contributed by atoms with Crippen LogP contribution in [0.25, 0.3) is 10.8 Å². The summed E-state index contributed by atoms with van der Waals surface area (Å²) in [5.74, 6) is -1.14. The summed E-state index contributed by atoms with van der Waals surface area (Å²) in [6.07, 6.45) is 3.35. The topological polar surface area (TPSA) is 88.5 Å². The third-order valence-corrected chi connectivity index (χ3v) is 4.65. The largest absolute Gasteiger partial charge is 0.487 e. The van der Waals surface area contributed by atoms with Crippen LogP contribution < -0.4 is 10.1 Å². The Hall–Kier alpha value is -3.41. The van der Waals surface area contributed by atoms with Crippen molar-refractivity contribution in [3.63, 3.8) is 0 Å². The van der Waals surface area contributed by atoms with Gasteiger partial charge in [-0.25, -0.2) is 4.79 Å². The number of aliphatic carboxylic acids is 1. The highest BCUT2D eigenvalue weighted by Gasteiger charge is 2.33. The highest BCUT2D eigenvalue weighted by Crippen LogP contribution is 2.31. The Labute approximate surface area is 169 Å². The van der Waals surface area contributed by atoms with Crippen molar-refractivity contribution in [2.75, 3.05) is 0 Å². The van der Waals surface area contributed by atoms with Crippen LogP contribution in [0, 0.1) is 5.41 Å². The number of nitrogens with one attached hydrogen (secondary N) is 1. The number of fused-ring (bicyclic) bond motifs is 1. The lowest BCUT2D eigenvalue weighted by Gasteiger charge is -2.28. The quantitative estimate of drug-likeness (QED) is 0.661. The van der Waals surface area contributed by atoms with Gasteiger partial charge in [0.1, 0.15) is 18.4 Å². The molecule has 1 heterocycles. The molecule has 1 amide bonds. The number of nitrogens with zero attached hydrogens (tertiary/aromatic N) is 1. The van der Waals surface area contributed by atoms with Gasteiger partial charge in [-0.3, -0.25) is 9.78 Å². The zero-order chi connectivity index (χ0) is 21.0. The molecule has 0 aliphatic rings. The summed E-state index contributed by atoms with van der Waals surface area (Å²) in [7, 11) is 0. The second-order valence-corrected chi connectivity index (χ2v) is 7.92. The van der Waals surface area contributed by atoms with E-state index in [1.807, 2.05) is 42.5 Å². The monoisotopic (exact) mass is 392 g/mol. The lowest BCUT2D eigenvalue weighted by molar-refractivity contribution is -0.142. The lowest BCUT2D eigenvalue weighted by Crippen LogP contribution is -2.49. The summed E-state index contributed by atoms with van der Waals surface area (Å²) in [6, 6.07) is 13.7. The number of carboxylic acid groups (broad SMARTS) is 1. The van der Waals surface area contributed by atoms with Gasteiger partial charge in [0.25, 0.3) is 5.91 Å². The van der Waals surface area contributed by atoms with Crippen molar-refractivity contribution in [2.45, 2.75) is 33.4 Å². The third-order valence-electron chi connectivity index (χ3n) is 4.65. The van der Waals surface area contributed by atoms with Crippen molar-refractivity contribution in [3.8, 4) is 5.75 Å². The molecule has 3 aromatic rings. The molecule has 2 N–H and O–H groups in total. The first-order chi connectivity index (χ1) is 13.8. The molecule has 3 rings (SSSR count). The maximum absolute atomic E-state index is 13.0. The van der Waals surface area contributed by atoms with Gasteiger partial charge >= 0.3 is 5.97 Å². The molecule has 0 radical (unpaired) electrons. The molecule has 0 fully saturated rings. The Kier molecular flexibility index (Phi) is 5.82. The first-order valence-corrected chi connectivity index (χ1v) is 9.34. The molecule has 2 aromatic carbocycles. The zero-order valence-corrected chi connectivity index (χ0v) is 16.7. The van der Waals surface area contributed by atoms with Crippen LogP contribution in [-0.4, -0.2) is 28.0 Å². The van der Waals surface area contributed by atoms with Crippen LogP contribution in [0.1, 0.15) is 36.7 Å². The van der Waals surface area contributed by atoms with Gasteiger partial charge in [-0.2, -0.15) is 0 Å². The fourth-order valence-electron chi connectivity index (χ4n) is 3.07. The molecular weight excluding hydrogens is 368 g/mol. The molecule has 0 aliphatic carbocycles. The fourth-order valence-corrected chi connectivity index (χ4v) is 3.07. The van der Waals surface area contributed by atoms with Crippen molar-refractivity contribution < 1.29 is 19.4 Å². The van der Waals surface area contributed by atoms with Crippen LogP contribution in [0.15, 0.2) is 60.9 Å². The number of benzene rings is 2. The first-order valence-electron chi connectivity index (χ1n) is 9.34. The molecule has 0 saturated carbocycles. The Balaban J connectivity index is 1.98. The molecule has 0 bridgehead atoms. The molecule has 0 saturated heterocycles. The third kappa shape index (κ3) is 4.71. The fraction of sp³-hybridized carbons (Fsp3) is 0.261. The Morgan fingerprint density at radius 2 is 1.76 bits per heavy atom. The summed E-state index contributed by atoms with van der Waals surface area (Å²) < 4.78 is 6.05. The number of carbonyl (C=O) groups is 2. The van der Waals surface area contributed by atoms with Crippen LogP contribution >= 0.6 is 0 Å². The Bertz CT molecular complexity index is 1030. The van der Waals surface area contributed by atoms with Gasteiger partial charge in [-0.1, -0.05) is 51.1 Å². The summed E-state index contributed by atoms with van der Waals surface area (Å²) in [6.45, 7) is 5.58. The summed E-state index contributed by atoms with van der Waals surface area (Å²) in [4.78, 5) is 28.7. The van der Waals surface area contributed by atoms with E-state index in [4.69, 9.17) is 4.74 Å². The summed E-state index contributed by atoms with van der Waals surface area (Å²) >= 11 is 0. The molecule has 0 aliphatic heterocycles. The van der Waals surface area contributed by atoms with E-state index >= 15 is 0 Å². The Morgan fingerprint density at radius 1 is 1.07 bits per heavy atom.